The van der Waals surface area contributed by atoms with Crippen LogP contribution in [0.5, 0.6) is 0 Å². The summed E-state index contributed by atoms with van der Waals surface area (Å²) in [6, 6.07) is 36.7. The molecule has 8 rings (SSSR count). The number of furan rings is 1. The van der Waals surface area contributed by atoms with E-state index in [1.807, 2.05) is 92.8 Å². The number of pyridine rings is 2. The van der Waals surface area contributed by atoms with E-state index < -0.39 is 12.3 Å². The molecule has 0 amide bonds. The van der Waals surface area contributed by atoms with Gasteiger partial charge in [0.1, 0.15) is 11.8 Å². The zero-order valence-corrected chi connectivity index (χ0v) is 26.3. The van der Waals surface area contributed by atoms with E-state index in [2.05, 4.69) is 28.2 Å². The maximum absolute atomic E-state index is 14.5. The maximum Gasteiger partial charge on any atom is 0.153 e. The number of fused-ring (bicyclic) bond motifs is 6. The zero-order chi connectivity index (χ0) is 29.5. The molecule has 44 heavy (non-hydrogen) atoms. The van der Waals surface area contributed by atoms with Gasteiger partial charge < -0.3 is 14.4 Å². The van der Waals surface area contributed by atoms with Gasteiger partial charge in [-0.25, -0.2) is 8.78 Å². The summed E-state index contributed by atoms with van der Waals surface area (Å²) in [6.45, 7) is 4.04. The standard InChI is InChI=1S/C21H16F2N.C17H10NO.Ir/c1-12-9-19(24-11-13(12)2)14-7-8-17-18(10-14)15-5-3-4-6-16(15)20(22)21(17)23;1-2-10-16-12(6-1)13-7-5-8-14(17(13)19-16)15-9-3-4-11-18-15;/h3-6,8-11,20-21H,1-2H3;1-7,9-11H;/q2*-1;. The monoisotopic (exact) mass is 757 g/mol. The quantitative estimate of drug-likeness (QED) is 0.165. The first-order valence-corrected chi connectivity index (χ1v) is 14.1. The molecule has 0 saturated carbocycles. The topological polar surface area (TPSA) is 38.9 Å². The first kappa shape index (κ1) is 29.6. The Morgan fingerprint density at radius 1 is 0.705 bits per heavy atom. The number of alkyl halides is 2. The van der Waals surface area contributed by atoms with Crippen molar-refractivity contribution in [2.45, 2.75) is 26.2 Å². The van der Waals surface area contributed by atoms with Crippen molar-refractivity contribution in [3.63, 3.8) is 0 Å². The minimum atomic E-state index is -1.66. The number of halogens is 2. The Hall–Kier alpha value is -4.51. The molecule has 219 valence electrons. The number of aryl methyl sites for hydroxylation is 2. The molecule has 7 aromatic rings. The first-order valence-electron chi connectivity index (χ1n) is 14.1. The predicted octanol–water partition coefficient (Wildman–Crippen LogP) is 10.3. The van der Waals surface area contributed by atoms with E-state index >= 15 is 0 Å². The molecule has 2 atom stereocenters. The van der Waals surface area contributed by atoms with Crippen molar-refractivity contribution in [2.75, 3.05) is 0 Å². The van der Waals surface area contributed by atoms with Crippen LogP contribution in [0.1, 0.15) is 34.6 Å². The summed E-state index contributed by atoms with van der Waals surface area (Å²) in [5.41, 5.74) is 9.60. The molecule has 0 saturated heterocycles. The molecule has 0 aliphatic heterocycles. The van der Waals surface area contributed by atoms with Gasteiger partial charge in [-0.05, 0) is 54.1 Å². The number of para-hydroxylation sites is 1. The normalized spacial score (nSPS) is 15.1. The summed E-state index contributed by atoms with van der Waals surface area (Å²) < 4.78 is 34.8. The van der Waals surface area contributed by atoms with Crippen molar-refractivity contribution < 1.29 is 33.3 Å². The number of hydrogen-bond donors (Lipinski definition) is 0. The second-order valence-electron chi connectivity index (χ2n) is 10.7. The van der Waals surface area contributed by atoms with Gasteiger partial charge in [0.2, 0.25) is 0 Å². The van der Waals surface area contributed by atoms with Crippen molar-refractivity contribution >= 4 is 21.9 Å². The van der Waals surface area contributed by atoms with Gasteiger partial charge in [-0.1, -0.05) is 88.3 Å². The average Bonchev–Trinajstić information content (AvgIpc) is 3.44. The van der Waals surface area contributed by atoms with Crippen LogP contribution < -0.4 is 0 Å². The number of benzene rings is 4. The van der Waals surface area contributed by atoms with Crippen molar-refractivity contribution in [2.24, 2.45) is 0 Å². The molecule has 0 bridgehead atoms. The van der Waals surface area contributed by atoms with E-state index in [4.69, 9.17) is 4.42 Å². The van der Waals surface area contributed by atoms with Crippen LogP contribution in [0, 0.1) is 26.0 Å². The average molecular weight is 757 g/mol. The van der Waals surface area contributed by atoms with Crippen molar-refractivity contribution in [1.29, 1.82) is 0 Å². The summed E-state index contributed by atoms with van der Waals surface area (Å²) in [5.74, 6) is 0. The smallest absolute Gasteiger partial charge is 0.153 e. The molecule has 1 aliphatic carbocycles. The molecule has 1 aliphatic rings. The molecule has 3 aromatic heterocycles. The van der Waals surface area contributed by atoms with E-state index in [9.17, 15) is 8.78 Å². The molecule has 0 spiro atoms. The molecule has 1 radical (unpaired) electrons. The van der Waals surface area contributed by atoms with E-state index in [1.54, 1.807) is 24.4 Å². The summed E-state index contributed by atoms with van der Waals surface area (Å²) in [5, 5.41) is 2.23. The van der Waals surface area contributed by atoms with E-state index in [1.165, 1.54) is 0 Å². The van der Waals surface area contributed by atoms with Crippen LogP contribution in [0.3, 0.4) is 0 Å². The fourth-order valence-electron chi connectivity index (χ4n) is 5.57. The third-order valence-corrected chi connectivity index (χ3v) is 7.99. The van der Waals surface area contributed by atoms with Gasteiger partial charge in [0.15, 0.2) is 6.17 Å². The molecule has 0 N–H and O–H groups in total. The summed E-state index contributed by atoms with van der Waals surface area (Å²) in [6.07, 6.45) is 0.312. The van der Waals surface area contributed by atoms with Crippen LogP contribution in [-0.2, 0) is 20.1 Å². The molecule has 3 nitrogen and oxygen atoms in total. The van der Waals surface area contributed by atoms with Gasteiger partial charge in [0.25, 0.3) is 0 Å². The first-order chi connectivity index (χ1) is 21.0. The van der Waals surface area contributed by atoms with Gasteiger partial charge >= 0.3 is 0 Å². The minimum absolute atomic E-state index is 0. The Bertz CT molecular complexity index is 2110. The maximum atomic E-state index is 14.5. The second-order valence-corrected chi connectivity index (χ2v) is 10.7. The van der Waals surface area contributed by atoms with Gasteiger partial charge in [-0.2, -0.15) is 0 Å². The number of nitrogens with zero attached hydrogens (tertiary/aromatic N) is 2. The summed E-state index contributed by atoms with van der Waals surface area (Å²) >= 11 is 0. The molecule has 6 heteroatoms. The van der Waals surface area contributed by atoms with Crippen LogP contribution in [0.25, 0.3) is 55.6 Å². The molecule has 3 heterocycles. The fraction of sp³-hybridized carbons (Fsp3) is 0.105. The van der Waals surface area contributed by atoms with Gasteiger partial charge in [-0.3, -0.25) is 0 Å². The van der Waals surface area contributed by atoms with Crippen LogP contribution in [-0.4, -0.2) is 9.97 Å². The Balaban J connectivity index is 0.000000156. The van der Waals surface area contributed by atoms with Crippen molar-refractivity contribution in [3.8, 4) is 33.6 Å². The third kappa shape index (κ3) is 5.25. The van der Waals surface area contributed by atoms with Crippen LogP contribution in [0.2, 0.25) is 0 Å². The molecular formula is C38H26F2IrN2O-2. The summed E-state index contributed by atoms with van der Waals surface area (Å²) in [4.78, 5) is 8.83. The number of hydrogen-bond acceptors (Lipinski definition) is 3. The second kappa shape index (κ2) is 12.2. The van der Waals surface area contributed by atoms with E-state index in [0.717, 1.165) is 66.7 Å². The Labute approximate surface area is 268 Å². The Kier molecular flexibility index (Phi) is 8.22. The Morgan fingerprint density at radius 2 is 1.48 bits per heavy atom. The van der Waals surface area contributed by atoms with Gasteiger partial charge in [0, 0.05) is 37.9 Å². The minimum Gasteiger partial charge on any atom is -0.501 e. The molecule has 4 aromatic carbocycles. The summed E-state index contributed by atoms with van der Waals surface area (Å²) in [7, 11) is 0. The number of aromatic nitrogens is 2. The largest absolute Gasteiger partial charge is 0.501 e. The van der Waals surface area contributed by atoms with E-state index in [-0.39, 0.29) is 20.1 Å². The van der Waals surface area contributed by atoms with Crippen molar-refractivity contribution in [3.05, 3.63) is 144 Å². The van der Waals surface area contributed by atoms with Crippen molar-refractivity contribution in [1.82, 2.24) is 9.97 Å². The molecule has 0 fully saturated rings. The SMILES string of the molecule is Cc1cnc(-c2[c-]cc3c(c2)-c2ccccc2C(F)C3F)cc1C.[Ir].[c-]1ccc2c(oc3ccccc32)c1-c1ccccn1. The van der Waals surface area contributed by atoms with Crippen LogP contribution in [0.4, 0.5) is 8.78 Å². The fourth-order valence-corrected chi connectivity index (χ4v) is 5.57. The van der Waals surface area contributed by atoms with Crippen LogP contribution >= 0.6 is 0 Å². The van der Waals surface area contributed by atoms with Gasteiger partial charge in [-0.15, -0.1) is 42.0 Å². The molecule has 2 unspecified atom stereocenters. The third-order valence-electron chi connectivity index (χ3n) is 7.99. The molecular weight excluding hydrogens is 731 g/mol. The van der Waals surface area contributed by atoms with E-state index in [0.29, 0.717) is 11.1 Å². The Morgan fingerprint density at radius 3 is 2.30 bits per heavy atom. The van der Waals surface area contributed by atoms with Crippen LogP contribution in [0.15, 0.2) is 114 Å². The zero-order valence-electron chi connectivity index (χ0n) is 23.9. The van der Waals surface area contributed by atoms with Gasteiger partial charge in [0.05, 0.1) is 5.58 Å². The number of rotatable bonds is 2. The predicted molar refractivity (Wildman–Crippen MR) is 167 cm³/mol.